The zero-order valence-corrected chi connectivity index (χ0v) is 11.4. The topological polar surface area (TPSA) is 66.0 Å². The molecule has 0 radical (unpaired) electrons. The SMILES string of the molecule is CCC1CCC(c2nc(O)c(C(C)C)c(=O)[nH]2)C1. The molecule has 0 spiro atoms. The van der Waals surface area contributed by atoms with Gasteiger partial charge in [-0.1, -0.05) is 27.2 Å². The quantitative estimate of drug-likeness (QED) is 0.866. The molecule has 1 aliphatic carbocycles. The summed E-state index contributed by atoms with van der Waals surface area (Å²) in [6.07, 6.45) is 4.50. The van der Waals surface area contributed by atoms with E-state index in [1.165, 1.54) is 12.8 Å². The molecule has 1 aliphatic rings. The van der Waals surface area contributed by atoms with E-state index in [1.54, 1.807) is 0 Å². The number of rotatable bonds is 3. The molecule has 0 amide bonds. The van der Waals surface area contributed by atoms with Crippen molar-refractivity contribution in [1.82, 2.24) is 9.97 Å². The van der Waals surface area contributed by atoms with Gasteiger partial charge in [0.15, 0.2) is 0 Å². The molecule has 0 bridgehead atoms. The average Bonchev–Trinajstić information content (AvgIpc) is 2.75. The number of aromatic nitrogens is 2. The van der Waals surface area contributed by atoms with Crippen LogP contribution in [0.2, 0.25) is 0 Å². The van der Waals surface area contributed by atoms with Gasteiger partial charge in [0.25, 0.3) is 5.56 Å². The Hall–Kier alpha value is -1.32. The third-order valence-corrected chi connectivity index (χ3v) is 4.04. The van der Waals surface area contributed by atoms with Gasteiger partial charge in [-0.05, 0) is 31.1 Å². The Balaban J connectivity index is 2.29. The Morgan fingerprint density at radius 3 is 2.67 bits per heavy atom. The van der Waals surface area contributed by atoms with E-state index in [0.717, 1.165) is 18.8 Å². The highest BCUT2D eigenvalue weighted by Gasteiger charge is 2.27. The third-order valence-electron chi connectivity index (χ3n) is 4.04. The van der Waals surface area contributed by atoms with Crippen LogP contribution in [-0.4, -0.2) is 15.1 Å². The van der Waals surface area contributed by atoms with Gasteiger partial charge in [-0.3, -0.25) is 4.79 Å². The van der Waals surface area contributed by atoms with Crippen LogP contribution in [0.1, 0.15) is 69.7 Å². The number of nitrogens with zero attached hydrogens (tertiary/aromatic N) is 1. The van der Waals surface area contributed by atoms with Crippen LogP contribution in [0.25, 0.3) is 0 Å². The van der Waals surface area contributed by atoms with Crippen LogP contribution >= 0.6 is 0 Å². The lowest BCUT2D eigenvalue weighted by atomic mass is 10.0. The molecule has 2 atom stereocenters. The molecule has 1 aromatic rings. The van der Waals surface area contributed by atoms with Crippen LogP contribution in [0.15, 0.2) is 4.79 Å². The first-order valence-corrected chi connectivity index (χ1v) is 6.86. The predicted octanol–water partition coefficient (Wildman–Crippen LogP) is 2.89. The van der Waals surface area contributed by atoms with E-state index in [2.05, 4.69) is 16.9 Å². The molecule has 2 N–H and O–H groups in total. The van der Waals surface area contributed by atoms with Crippen molar-refractivity contribution in [2.75, 3.05) is 0 Å². The van der Waals surface area contributed by atoms with Crippen molar-refractivity contribution in [2.24, 2.45) is 5.92 Å². The second kappa shape index (κ2) is 5.12. The summed E-state index contributed by atoms with van der Waals surface area (Å²) in [7, 11) is 0. The largest absolute Gasteiger partial charge is 0.493 e. The smallest absolute Gasteiger partial charge is 0.258 e. The van der Waals surface area contributed by atoms with E-state index < -0.39 is 0 Å². The van der Waals surface area contributed by atoms with Crippen molar-refractivity contribution >= 4 is 0 Å². The third kappa shape index (κ3) is 2.42. The second-order valence-electron chi connectivity index (χ2n) is 5.63. The number of aromatic hydroxyl groups is 1. The molecule has 18 heavy (non-hydrogen) atoms. The van der Waals surface area contributed by atoms with Crippen molar-refractivity contribution in [3.63, 3.8) is 0 Å². The summed E-state index contributed by atoms with van der Waals surface area (Å²) in [6, 6.07) is 0. The Morgan fingerprint density at radius 2 is 2.17 bits per heavy atom. The molecule has 1 heterocycles. The number of hydrogen-bond acceptors (Lipinski definition) is 3. The lowest BCUT2D eigenvalue weighted by Crippen LogP contribution is -2.19. The maximum absolute atomic E-state index is 12.0. The molecule has 0 aliphatic heterocycles. The van der Waals surface area contributed by atoms with Crippen LogP contribution in [0, 0.1) is 5.92 Å². The zero-order chi connectivity index (χ0) is 13.3. The maximum atomic E-state index is 12.0. The van der Waals surface area contributed by atoms with Gasteiger partial charge >= 0.3 is 0 Å². The van der Waals surface area contributed by atoms with Gasteiger partial charge in [0, 0.05) is 5.92 Å². The lowest BCUT2D eigenvalue weighted by Gasteiger charge is -2.12. The molecule has 2 unspecified atom stereocenters. The molecule has 2 rings (SSSR count). The summed E-state index contributed by atoms with van der Waals surface area (Å²) in [4.78, 5) is 19.0. The summed E-state index contributed by atoms with van der Waals surface area (Å²) in [5, 5.41) is 9.89. The Labute approximate surface area is 107 Å². The van der Waals surface area contributed by atoms with Crippen molar-refractivity contribution in [1.29, 1.82) is 0 Å². The normalized spacial score (nSPS) is 23.8. The fourth-order valence-corrected chi connectivity index (χ4v) is 2.90. The van der Waals surface area contributed by atoms with Crippen molar-refractivity contribution in [3.05, 3.63) is 21.7 Å². The van der Waals surface area contributed by atoms with Gasteiger partial charge in [0.2, 0.25) is 5.88 Å². The summed E-state index contributed by atoms with van der Waals surface area (Å²) < 4.78 is 0. The Bertz CT molecular complexity index is 479. The minimum absolute atomic E-state index is 0.0118. The van der Waals surface area contributed by atoms with Gasteiger partial charge in [-0.25, -0.2) is 0 Å². The number of aromatic amines is 1. The van der Waals surface area contributed by atoms with Crippen LogP contribution in [0.3, 0.4) is 0 Å². The van der Waals surface area contributed by atoms with E-state index in [9.17, 15) is 9.90 Å². The molecule has 1 saturated carbocycles. The highest BCUT2D eigenvalue weighted by Crippen LogP contribution is 2.38. The zero-order valence-electron chi connectivity index (χ0n) is 11.4. The van der Waals surface area contributed by atoms with Crippen molar-refractivity contribution in [2.45, 2.75) is 58.3 Å². The lowest BCUT2D eigenvalue weighted by molar-refractivity contribution is 0.430. The summed E-state index contributed by atoms with van der Waals surface area (Å²) in [6.45, 7) is 5.96. The van der Waals surface area contributed by atoms with Crippen LogP contribution in [0.4, 0.5) is 0 Å². The molecule has 0 saturated heterocycles. The van der Waals surface area contributed by atoms with Crippen LogP contribution in [-0.2, 0) is 0 Å². The van der Waals surface area contributed by atoms with Gasteiger partial charge < -0.3 is 10.1 Å². The standard InChI is InChI=1S/C14H22N2O2/c1-4-9-5-6-10(7-9)12-15-13(17)11(8(2)3)14(18)16-12/h8-10H,4-7H2,1-3H3,(H2,15,16,17,18). The van der Waals surface area contributed by atoms with E-state index >= 15 is 0 Å². The van der Waals surface area contributed by atoms with Gasteiger partial charge in [-0.15, -0.1) is 0 Å². The first-order valence-electron chi connectivity index (χ1n) is 6.86. The van der Waals surface area contributed by atoms with Crippen molar-refractivity contribution < 1.29 is 5.11 Å². The minimum Gasteiger partial charge on any atom is -0.493 e. The molecule has 1 aromatic heterocycles. The summed E-state index contributed by atoms with van der Waals surface area (Å²) >= 11 is 0. The first kappa shape index (κ1) is 13.1. The van der Waals surface area contributed by atoms with Gasteiger partial charge in [0.1, 0.15) is 5.82 Å². The molecule has 0 aromatic carbocycles. The molecular formula is C14H22N2O2. The number of nitrogens with one attached hydrogen (secondary N) is 1. The monoisotopic (exact) mass is 250 g/mol. The first-order chi connectivity index (χ1) is 8.52. The molecule has 100 valence electrons. The Morgan fingerprint density at radius 1 is 1.44 bits per heavy atom. The Kier molecular flexibility index (Phi) is 3.73. The van der Waals surface area contributed by atoms with E-state index in [-0.39, 0.29) is 17.4 Å². The van der Waals surface area contributed by atoms with Crippen LogP contribution < -0.4 is 5.56 Å². The van der Waals surface area contributed by atoms with Crippen molar-refractivity contribution in [3.8, 4) is 5.88 Å². The highest BCUT2D eigenvalue weighted by molar-refractivity contribution is 5.26. The second-order valence-corrected chi connectivity index (χ2v) is 5.63. The van der Waals surface area contributed by atoms with Crippen LogP contribution in [0.5, 0.6) is 5.88 Å². The van der Waals surface area contributed by atoms with E-state index in [0.29, 0.717) is 17.3 Å². The van der Waals surface area contributed by atoms with Gasteiger partial charge in [-0.2, -0.15) is 4.98 Å². The fraction of sp³-hybridized carbons (Fsp3) is 0.714. The fourth-order valence-electron chi connectivity index (χ4n) is 2.90. The van der Waals surface area contributed by atoms with Gasteiger partial charge in [0.05, 0.1) is 5.56 Å². The molecule has 1 fully saturated rings. The summed E-state index contributed by atoms with van der Waals surface area (Å²) in [5.41, 5.74) is 0.205. The number of H-pyrrole nitrogens is 1. The molecule has 4 nitrogen and oxygen atoms in total. The predicted molar refractivity (Wildman–Crippen MR) is 71.0 cm³/mol. The minimum atomic E-state index is -0.188. The number of hydrogen-bond donors (Lipinski definition) is 2. The van der Waals surface area contributed by atoms with E-state index in [4.69, 9.17) is 0 Å². The maximum Gasteiger partial charge on any atom is 0.258 e. The molecule has 4 heteroatoms. The highest BCUT2D eigenvalue weighted by atomic mass is 16.3. The summed E-state index contributed by atoms with van der Waals surface area (Å²) in [5.74, 6) is 1.59. The molecular weight excluding hydrogens is 228 g/mol. The van der Waals surface area contributed by atoms with E-state index in [1.807, 2.05) is 13.8 Å². The average molecular weight is 250 g/mol.